The van der Waals surface area contributed by atoms with Crippen molar-refractivity contribution in [2.75, 3.05) is 0 Å². The molecule has 18 heavy (non-hydrogen) atoms. The maximum absolute atomic E-state index is 14.0. The number of benzene rings is 1. The van der Waals surface area contributed by atoms with Crippen molar-refractivity contribution >= 4 is 33.5 Å². The van der Waals surface area contributed by atoms with E-state index in [2.05, 4.69) is 36.3 Å². The van der Waals surface area contributed by atoms with Crippen LogP contribution in [0.4, 0.5) is 4.39 Å². The standard InChI is InChI=1S/C9H7BrFN5OS/c10-6-4(8(12)16-17)1-2-5(7(6)11)18-9-13-3-14-15-9/h1-3,17H,(H2,12,16)(H,13,14,15). The first-order valence-corrected chi connectivity index (χ1v) is 6.23. The summed E-state index contributed by atoms with van der Waals surface area (Å²) in [6.45, 7) is 0. The predicted molar refractivity (Wildman–Crippen MR) is 67.1 cm³/mol. The number of amidine groups is 1. The monoisotopic (exact) mass is 331 g/mol. The number of nitrogens with zero attached hydrogens (tertiary/aromatic N) is 3. The van der Waals surface area contributed by atoms with Gasteiger partial charge < -0.3 is 10.9 Å². The van der Waals surface area contributed by atoms with Gasteiger partial charge in [-0.3, -0.25) is 5.10 Å². The van der Waals surface area contributed by atoms with Crippen molar-refractivity contribution in [1.82, 2.24) is 15.2 Å². The Morgan fingerprint density at radius 3 is 2.94 bits per heavy atom. The van der Waals surface area contributed by atoms with Crippen molar-refractivity contribution in [2.45, 2.75) is 10.1 Å². The van der Waals surface area contributed by atoms with Crippen LogP contribution >= 0.6 is 27.7 Å². The Kier molecular flexibility index (Phi) is 3.82. The molecule has 0 bridgehead atoms. The molecule has 9 heteroatoms. The van der Waals surface area contributed by atoms with Gasteiger partial charge in [0, 0.05) is 5.56 Å². The first-order chi connectivity index (χ1) is 8.63. The quantitative estimate of drug-likeness (QED) is 0.345. The van der Waals surface area contributed by atoms with Crippen LogP contribution in [0, 0.1) is 5.82 Å². The van der Waals surface area contributed by atoms with Gasteiger partial charge in [0.15, 0.2) is 16.8 Å². The number of aromatic nitrogens is 3. The summed E-state index contributed by atoms with van der Waals surface area (Å²) in [7, 11) is 0. The molecule has 0 amide bonds. The van der Waals surface area contributed by atoms with Gasteiger partial charge in [0.25, 0.3) is 0 Å². The lowest BCUT2D eigenvalue weighted by atomic mass is 10.2. The van der Waals surface area contributed by atoms with E-state index < -0.39 is 5.82 Å². The second-order valence-corrected chi connectivity index (χ2v) is 4.94. The SMILES string of the molecule is N/C(=N/O)c1ccc(Sc2ncn[nH]2)c(F)c1Br. The van der Waals surface area contributed by atoms with Gasteiger partial charge in [0.1, 0.15) is 6.33 Å². The predicted octanol–water partition coefficient (Wildman–Crippen LogP) is 1.95. The van der Waals surface area contributed by atoms with E-state index in [-0.39, 0.29) is 15.9 Å². The molecule has 94 valence electrons. The van der Waals surface area contributed by atoms with Crippen LogP contribution in [0.2, 0.25) is 0 Å². The second kappa shape index (κ2) is 5.36. The Bertz CT molecular complexity index is 589. The number of rotatable bonds is 3. The van der Waals surface area contributed by atoms with E-state index in [1.807, 2.05) is 0 Å². The molecule has 2 rings (SSSR count). The molecule has 0 atom stereocenters. The van der Waals surface area contributed by atoms with Gasteiger partial charge in [-0.2, -0.15) is 5.10 Å². The average Bonchev–Trinajstić information content (AvgIpc) is 2.87. The minimum Gasteiger partial charge on any atom is -0.409 e. The molecule has 0 spiro atoms. The number of H-pyrrole nitrogens is 1. The lowest BCUT2D eigenvalue weighted by Gasteiger charge is -2.07. The van der Waals surface area contributed by atoms with E-state index in [1.54, 1.807) is 6.07 Å². The number of aromatic amines is 1. The number of halogens is 2. The zero-order valence-corrected chi connectivity index (χ0v) is 11.2. The van der Waals surface area contributed by atoms with Crippen molar-refractivity contribution in [1.29, 1.82) is 0 Å². The fourth-order valence-electron chi connectivity index (χ4n) is 1.21. The van der Waals surface area contributed by atoms with E-state index in [4.69, 9.17) is 10.9 Å². The van der Waals surface area contributed by atoms with Gasteiger partial charge in [-0.25, -0.2) is 9.37 Å². The molecular formula is C9H7BrFN5OS. The van der Waals surface area contributed by atoms with Crippen molar-refractivity contribution in [2.24, 2.45) is 10.9 Å². The fourth-order valence-corrected chi connectivity index (χ4v) is 2.62. The summed E-state index contributed by atoms with van der Waals surface area (Å²) >= 11 is 4.16. The number of hydrogen-bond donors (Lipinski definition) is 3. The van der Waals surface area contributed by atoms with Crippen LogP contribution in [-0.2, 0) is 0 Å². The van der Waals surface area contributed by atoms with Gasteiger partial charge in [-0.05, 0) is 39.8 Å². The van der Waals surface area contributed by atoms with Crippen LogP contribution in [0.1, 0.15) is 5.56 Å². The largest absolute Gasteiger partial charge is 0.409 e. The molecular weight excluding hydrogens is 325 g/mol. The highest BCUT2D eigenvalue weighted by Crippen LogP contribution is 2.32. The van der Waals surface area contributed by atoms with E-state index >= 15 is 0 Å². The Hall–Kier alpha value is -1.61. The van der Waals surface area contributed by atoms with E-state index in [9.17, 15) is 4.39 Å². The molecule has 0 radical (unpaired) electrons. The molecule has 0 aliphatic heterocycles. The fraction of sp³-hybridized carbons (Fsp3) is 0. The number of nitrogens with two attached hydrogens (primary N) is 1. The summed E-state index contributed by atoms with van der Waals surface area (Å²) in [4.78, 5) is 4.22. The zero-order chi connectivity index (χ0) is 13.1. The third kappa shape index (κ3) is 2.46. The van der Waals surface area contributed by atoms with Crippen LogP contribution in [0.15, 0.2) is 38.1 Å². The minimum absolute atomic E-state index is 0.127. The van der Waals surface area contributed by atoms with Crippen LogP contribution < -0.4 is 5.73 Å². The topological polar surface area (TPSA) is 100 Å². The van der Waals surface area contributed by atoms with Crippen molar-refractivity contribution in [3.8, 4) is 0 Å². The first-order valence-electron chi connectivity index (χ1n) is 4.62. The molecule has 1 heterocycles. The third-order valence-corrected chi connectivity index (χ3v) is 3.73. The summed E-state index contributed by atoms with van der Waals surface area (Å²) in [5.74, 6) is -0.683. The van der Waals surface area contributed by atoms with Gasteiger partial charge in [0.2, 0.25) is 0 Å². The van der Waals surface area contributed by atoms with Gasteiger partial charge in [-0.1, -0.05) is 5.16 Å². The van der Waals surface area contributed by atoms with Crippen LogP contribution in [-0.4, -0.2) is 26.2 Å². The molecule has 0 fully saturated rings. The molecule has 2 aromatic rings. The molecule has 1 aromatic carbocycles. The van der Waals surface area contributed by atoms with E-state index in [0.717, 1.165) is 11.8 Å². The molecule has 0 saturated carbocycles. The summed E-state index contributed by atoms with van der Waals surface area (Å²) in [6.07, 6.45) is 1.33. The smallest absolute Gasteiger partial charge is 0.188 e. The highest BCUT2D eigenvalue weighted by molar-refractivity contribution is 9.10. The number of hydrogen-bond acceptors (Lipinski definition) is 5. The minimum atomic E-state index is -0.513. The van der Waals surface area contributed by atoms with Crippen LogP contribution in [0.5, 0.6) is 0 Å². The van der Waals surface area contributed by atoms with Crippen molar-refractivity contribution in [3.05, 3.63) is 34.3 Å². The molecule has 6 nitrogen and oxygen atoms in total. The second-order valence-electron chi connectivity index (χ2n) is 3.12. The van der Waals surface area contributed by atoms with Gasteiger partial charge in [0.05, 0.1) is 9.37 Å². The lowest BCUT2D eigenvalue weighted by molar-refractivity contribution is 0.318. The highest BCUT2D eigenvalue weighted by Gasteiger charge is 2.15. The maximum atomic E-state index is 14.0. The maximum Gasteiger partial charge on any atom is 0.188 e. The van der Waals surface area contributed by atoms with Crippen molar-refractivity contribution in [3.63, 3.8) is 0 Å². The van der Waals surface area contributed by atoms with Gasteiger partial charge >= 0.3 is 0 Å². The Labute approximate surface area is 114 Å². The Balaban J connectivity index is 2.38. The summed E-state index contributed by atoms with van der Waals surface area (Å²) in [5.41, 5.74) is 5.69. The van der Waals surface area contributed by atoms with Crippen LogP contribution in [0.3, 0.4) is 0 Å². The molecule has 4 N–H and O–H groups in total. The molecule has 0 saturated heterocycles. The van der Waals surface area contributed by atoms with E-state index in [1.165, 1.54) is 12.4 Å². The summed E-state index contributed by atoms with van der Waals surface area (Å²) in [5, 5.41) is 18.1. The van der Waals surface area contributed by atoms with E-state index in [0.29, 0.717) is 10.1 Å². The summed E-state index contributed by atoms with van der Waals surface area (Å²) in [6, 6.07) is 3.06. The Morgan fingerprint density at radius 1 is 1.56 bits per heavy atom. The first kappa shape index (κ1) is 12.8. The lowest BCUT2D eigenvalue weighted by Crippen LogP contribution is -2.14. The van der Waals surface area contributed by atoms with Crippen molar-refractivity contribution < 1.29 is 9.60 Å². The highest BCUT2D eigenvalue weighted by atomic mass is 79.9. The Morgan fingerprint density at radius 2 is 2.33 bits per heavy atom. The van der Waals surface area contributed by atoms with Crippen LogP contribution in [0.25, 0.3) is 0 Å². The van der Waals surface area contributed by atoms with Gasteiger partial charge in [-0.15, -0.1) is 0 Å². The molecule has 0 aliphatic rings. The average molecular weight is 332 g/mol. The number of nitrogens with one attached hydrogen (secondary N) is 1. The molecule has 0 unspecified atom stereocenters. The normalized spacial score (nSPS) is 11.8. The molecule has 1 aromatic heterocycles. The zero-order valence-electron chi connectivity index (χ0n) is 8.76. The molecule has 0 aliphatic carbocycles. The third-order valence-electron chi connectivity index (χ3n) is 2.03. The number of oxime groups is 1. The summed E-state index contributed by atoms with van der Waals surface area (Å²) < 4.78 is 14.2.